The van der Waals surface area contributed by atoms with Crippen LogP contribution in [-0.4, -0.2) is 36.0 Å². The van der Waals surface area contributed by atoms with Crippen molar-refractivity contribution in [2.75, 3.05) is 22.6 Å². The van der Waals surface area contributed by atoms with E-state index in [0.29, 0.717) is 28.4 Å². The summed E-state index contributed by atoms with van der Waals surface area (Å²) in [6.07, 6.45) is 0.0902. The van der Waals surface area contributed by atoms with Crippen molar-refractivity contribution in [1.82, 2.24) is 0 Å². The van der Waals surface area contributed by atoms with Crippen LogP contribution in [0.4, 0.5) is 17.1 Å². The summed E-state index contributed by atoms with van der Waals surface area (Å²) in [5.41, 5.74) is 2.17. The Balaban J connectivity index is 1.37. The number of nitrogens with one attached hydrogen (secondary N) is 2. The second-order valence-corrected chi connectivity index (χ2v) is 9.09. The molecule has 178 valence electrons. The maximum absolute atomic E-state index is 12.9. The number of hydrogen-bond acceptors (Lipinski definition) is 6. The number of imide groups is 1. The fourth-order valence-corrected chi connectivity index (χ4v) is 4.65. The molecule has 0 aromatic heterocycles. The highest BCUT2D eigenvalue weighted by molar-refractivity contribution is 8.00. The van der Waals surface area contributed by atoms with E-state index in [4.69, 9.17) is 4.74 Å². The summed E-state index contributed by atoms with van der Waals surface area (Å²) < 4.78 is 5.10. The van der Waals surface area contributed by atoms with Gasteiger partial charge < -0.3 is 15.4 Å². The smallest absolute Gasteiger partial charge is 0.255 e. The minimum atomic E-state index is -0.544. The molecule has 4 rings (SSSR count). The normalized spacial score (nSPS) is 15.1. The Morgan fingerprint density at radius 2 is 1.49 bits per heavy atom. The molecular formula is C26H23N3O5S. The number of nitrogens with zero attached hydrogens (tertiary/aromatic N) is 1. The van der Waals surface area contributed by atoms with E-state index in [9.17, 15) is 19.2 Å². The quantitative estimate of drug-likeness (QED) is 0.479. The van der Waals surface area contributed by atoms with Gasteiger partial charge in [0.15, 0.2) is 0 Å². The van der Waals surface area contributed by atoms with Gasteiger partial charge in [0.2, 0.25) is 17.7 Å². The van der Waals surface area contributed by atoms with Gasteiger partial charge in [-0.05, 0) is 72.8 Å². The molecular weight excluding hydrogens is 466 g/mol. The Morgan fingerprint density at radius 3 is 2.09 bits per heavy atom. The number of benzene rings is 3. The fourth-order valence-electron chi connectivity index (χ4n) is 3.59. The summed E-state index contributed by atoms with van der Waals surface area (Å²) in [5, 5.41) is 4.94. The molecule has 0 aliphatic carbocycles. The third-order valence-corrected chi connectivity index (χ3v) is 6.49. The monoisotopic (exact) mass is 489 g/mol. The highest BCUT2D eigenvalue weighted by Crippen LogP contribution is 2.34. The second kappa shape index (κ2) is 10.4. The van der Waals surface area contributed by atoms with Crippen molar-refractivity contribution in [1.29, 1.82) is 0 Å². The molecule has 1 aliphatic heterocycles. The lowest BCUT2D eigenvalue weighted by Gasteiger charge is -2.15. The van der Waals surface area contributed by atoms with Gasteiger partial charge in [0, 0.05) is 35.2 Å². The van der Waals surface area contributed by atoms with Crippen molar-refractivity contribution in [3.8, 4) is 5.75 Å². The molecule has 8 nitrogen and oxygen atoms in total. The van der Waals surface area contributed by atoms with Crippen molar-refractivity contribution >= 4 is 52.5 Å². The molecule has 4 amide bonds. The maximum Gasteiger partial charge on any atom is 0.255 e. The van der Waals surface area contributed by atoms with Crippen molar-refractivity contribution < 1.29 is 23.9 Å². The minimum absolute atomic E-state index is 0.0902. The standard InChI is InChI=1S/C26H23N3O5S/c1-16(30)27-18-5-9-20(10-6-18)29-24(31)15-23(26(29)33)35-22-13-7-19(8-14-22)28-25(32)17-3-11-21(34-2)12-4-17/h3-14,23H,15H2,1-2H3,(H,27,30)(H,28,32). The van der Waals surface area contributed by atoms with E-state index in [0.717, 1.165) is 4.90 Å². The zero-order valence-corrected chi connectivity index (χ0v) is 19.9. The van der Waals surface area contributed by atoms with Crippen molar-refractivity contribution in [2.24, 2.45) is 0 Å². The van der Waals surface area contributed by atoms with Crippen molar-refractivity contribution in [3.05, 3.63) is 78.4 Å². The van der Waals surface area contributed by atoms with Crippen LogP contribution in [0.2, 0.25) is 0 Å². The zero-order chi connectivity index (χ0) is 24.9. The number of ether oxygens (including phenoxy) is 1. The Labute approximate surface area is 206 Å². The molecule has 2 N–H and O–H groups in total. The molecule has 3 aromatic rings. The number of anilines is 3. The van der Waals surface area contributed by atoms with Gasteiger partial charge in [0.25, 0.3) is 5.91 Å². The summed E-state index contributed by atoms with van der Waals surface area (Å²) in [6.45, 7) is 1.41. The van der Waals surface area contributed by atoms with E-state index in [-0.39, 0.29) is 30.0 Å². The summed E-state index contributed by atoms with van der Waals surface area (Å²) in [4.78, 5) is 51.1. The molecule has 9 heteroatoms. The lowest BCUT2D eigenvalue weighted by atomic mass is 10.2. The van der Waals surface area contributed by atoms with Crippen molar-refractivity contribution in [3.63, 3.8) is 0 Å². The number of rotatable bonds is 7. The number of thioether (sulfide) groups is 1. The van der Waals surface area contributed by atoms with Crippen LogP contribution < -0.4 is 20.3 Å². The third kappa shape index (κ3) is 5.70. The molecule has 1 atom stereocenters. The van der Waals surface area contributed by atoms with E-state index >= 15 is 0 Å². The van der Waals surface area contributed by atoms with Gasteiger partial charge in [-0.15, -0.1) is 11.8 Å². The summed E-state index contributed by atoms with van der Waals surface area (Å²) in [6, 6.07) is 20.5. The number of carbonyl (C=O) groups is 4. The Morgan fingerprint density at radius 1 is 0.886 bits per heavy atom. The van der Waals surface area contributed by atoms with Crippen LogP contribution in [-0.2, 0) is 14.4 Å². The fraction of sp³-hybridized carbons (Fsp3) is 0.154. The topological polar surface area (TPSA) is 105 Å². The predicted octanol–water partition coefficient (Wildman–Crippen LogP) is 4.33. The predicted molar refractivity (Wildman–Crippen MR) is 135 cm³/mol. The van der Waals surface area contributed by atoms with E-state index in [1.807, 2.05) is 0 Å². The average molecular weight is 490 g/mol. The van der Waals surface area contributed by atoms with Crippen LogP contribution in [0.15, 0.2) is 77.7 Å². The number of amides is 4. The molecule has 3 aromatic carbocycles. The highest BCUT2D eigenvalue weighted by atomic mass is 32.2. The molecule has 0 spiro atoms. The van der Waals surface area contributed by atoms with Gasteiger partial charge in [-0.1, -0.05) is 0 Å². The van der Waals surface area contributed by atoms with Gasteiger partial charge >= 0.3 is 0 Å². The first-order chi connectivity index (χ1) is 16.8. The highest BCUT2D eigenvalue weighted by Gasteiger charge is 2.40. The van der Waals surface area contributed by atoms with E-state index in [1.165, 1.54) is 23.6 Å². The van der Waals surface area contributed by atoms with Crippen LogP contribution in [0.5, 0.6) is 5.75 Å². The molecule has 1 aliphatic rings. The summed E-state index contributed by atoms with van der Waals surface area (Å²) in [7, 11) is 1.56. The SMILES string of the molecule is COc1ccc(C(=O)Nc2ccc(SC3CC(=O)N(c4ccc(NC(C)=O)cc4)C3=O)cc2)cc1. The van der Waals surface area contributed by atoms with Gasteiger partial charge in [-0.25, -0.2) is 4.90 Å². The molecule has 0 bridgehead atoms. The molecule has 1 saturated heterocycles. The molecule has 1 unspecified atom stereocenters. The Bertz CT molecular complexity index is 1260. The van der Waals surface area contributed by atoms with Gasteiger partial charge in [-0.2, -0.15) is 0 Å². The lowest BCUT2D eigenvalue weighted by Crippen LogP contribution is -2.31. The van der Waals surface area contributed by atoms with Gasteiger partial charge in [0.05, 0.1) is 18.0 Å². The molecule has 1 heterocycles. The lowest BCUT2D eigenvalue weighted by molar-refractivity contribution is -0.121. The minimum Gasteiger partial charge on any atom is -0.497 e. The summed E-state index contributed by atoms with van der Waals surface area (Å²) >= 11 is 1.31. The summed E-state index contributed by atoms with van der Waals surface area (Å²) in [5.74, 6) is -0.339. The third-order valence-electron chi connectivity index (χ3n) is 5.29. The van der Waals surface area contributed by atoms with Gasteiger partial charge in [0.1, 0.15) is 5.75 Å². The van der Waals surface area contributed by atoms with Crippen LogP contribution in [0.25, 0.3) is 0 Å². The number of hydrogen-bond donors (Lipinski definition) is 2. The van der Waals surface area contributed by atoms with Crippen LogP contribution in [0.1, 0.15) is 23.7 Å². The van der Waals surface area contributed by atoms with Gasteiger partial charge in [-0.3, -0.25) is 19.2 Å². The average Bonchev–Trinajstić information content (AvgIpc) is 3.13. The molecule has 0 saturated carbocycles. The first kappa shape index (κ1) is 24.0. The van der Waals surface area contributed by atoms with E-state index in [1.54, 1.807) is 79.9 Å². The molecule has 35 heavy (non-hydrogen) atoms. The van der Waals surface area contributed by atoms with Crippen LogP contribution in [0, 0.1) is 0 Å². The first-order valence-electron chi connectivity index (χ1n) is 10.8. The Hall–Kier alpha value is -4.11. The number of carbonyl (C=O) groups excluding carboxylic acids is 4. The molecule has 0 radical (unpaired) electrons. The zero-order valence-electron chi connectivity index (χ0n) is 19.1. The van der Waals surface area contributed by atoms with E-state index in [2.05, 4.69) is 10.6 Å². The van der Waals surface area contributed by atoms with Crippen LogP contribution >= 0.6 is 11.8 Å². The van der Waals surface area contributed by atoms with E-state index < -0.39 is 5.25 Å². The molecule has 1 fully saturated rings. The second-order valence-electron chi connectivity index (χ2n) is 7.81. The maximum atomic E-state index is 12.9. The number of methoxy groups -OCH3 is 1. The Kier molecular flexibility index (Phi) is 7.17. The van der Waals surface area contributed by atoms with Crippen LogP contribution in [0.3, 0.4) is 0 Å². The van der Waals surface area contributed by atoms with Crippen molar-refractivity contribution in [2.45, 2.75) is 23.5 Å². The largest absolute Gasteiger partial charge is 0.497 e. The first-order valence-corrected chi connectivity index (χ1v) is 11.7.